The van der Waals surface area contributed by atoms with Gasteiger partial charge in [-0.05, 0) is 60.9 Å². The number of hydrogen-bond donors (Lipinski definition) is 3. The number of nitrogens with zero attached hydrogens (tertiary/aromatic N) is 3. The van der Waals surface area contributed by atoms with Crippen LogP contribution < -0.4 is 16.6 Å². The van der Waals surface area contributed by atoms with Crippen LogP contribution in [0.4, 0.5) is 15.4 Å². The third kappa shape index (κ3) is 15.3. The summed E-state index contributed by atoms with van der Waals surface area (Å²) in [5.74, 6) is 5.22. The fraction of sp³-hybridized carbons (Fsp3) is 0.341. The molecule has 0 spiro atoms. The Hall–Kier alpha value is -5.95. The SMILES string of the molecule is NNc1ccc(C(=O)NCCCN(CCCCN(CCCCC(=O)OCc2ccccc2)C(=O)OCc2ccccc2)C(=O)OCc2ccccc2)cn1. The summed E-state index contributed by atoms with van der Waals surface area (Å²) < 4.78 is 16.7. The number of rotatable bonds is 22. The van der Waals surface area contributed by atoms with E-state index in [2.05, 4.69) is 15.7 Å². The average Bonchev–Trinajstić information content (AvgIpc) is 3.22. The fourth-order valence-electron chi connectivity index (χ4n) is 5.38. The predicted molar refractivity (Wildman–Crippen MR) is 205 cm³/mol. The quantitative estimate of drug-likeness (QED) is 0.0268. The first-order valence-electron chi connectivity index (χ1n) is 18.2. The molecule has 0 aliphatic rings. The van der Waals surface area contributed by atoms with Gasteiger partial charge in [0.1, 0.15) is 25.6 Å². The molecular weight excluding hydrogens is 688 g/mol. The highest BCUT2D eigenvalue weighted by Gasteiger charge is 2.18. The van der Waals surface area contributed by atoms with Crippen LogP contribution in [0.15, 0.2) is 109 Å². The summed E-state index contributed by atoms with van der Waals surface area (Å²) in [7, 11) is 0. The van der Waals surface area contributed by atoms with E-state index in [-0.39, 0.29) is 38.1 Å². The lowest BCUT2D eigenvalue weighted by atomic mass is 10.2. The Labute approximate surface area is 316 Å². The number of nitrogens with two attached hydrogens (primary N) is 1. The van der Waals surface area contributed by atoms with Crippen LogP contribution in [0.1, 0.15) is 65.6 Å². The van der Waals surface area contributed by atoms with Crippen molar-refractivity contribution >= 4 is 29.9 Å². The number of carbonyl (C=O) groups excluding carboxylic acids is 4. The number of ether oxygens (including phenoxy) is 3. The molecule has 1 aromatic heterocycles. The van der Waals surface area contributed by atoms with E-state index in [4.69, 9.17) is 20.1 Å². The predicted octanol–water partition coefficient (Wildman–Crippen LogP) is 6.46. The minimum Gasteiger partial charge on any atom is -0.461 e. The Bertz CT molecular complexity index is 1700. The molecule has 0 saturated heterocycles. The van der Waals surface area contributed by atoms with Crippen molar-refractivity contribution in [2.45, 2.75) is 58.3 Å². The number of pyridine rings is 1. The number of nitrogen functional groups attached to an aromatic ring is 1. The van der Waals surface area contributed by atoms with Gasteiger partial charge in [0.15, 0.2) is 0 Å². The Morgan fingerprint density at radius 2 is 1.04 bits per heavy atom. The van der Waals surface area contributed by atoms with Crippen LogP contribution in [0.25, 0.3) is 0 Å². The summed E-state index contributed by atoms with van der Waals surface area (Å²) in [6.45, 7) is 2.39. The zero-order valence-corrected chi connectivity index (χ0v) is 30.6. The number of nitrogens with one attached hydrogen (secondary N) is 2. The van der Waals surface area contributed by atoms with E-state index >= 15 is 0 Å². The van der Waals surface area contributed by atoms with Gasteiger partial charge in [0, 0.05) is 45.3 Å². The molecule has 0 aliphatic carbocycles. The Kier molecular flexibility index (Phi) is 17.8. The Morgan fingerprint density at radius 1 is 0.574 bits per heavy atom. The Morgan fingerprint density at radius 3 is 1.50 bits per heavy atom. The van der Waals surface area contributed by atoms with E-state index in [0.717, 1.165) is 16.7 Å². The molecule has 0 radical (unpaired) electrons. The summed E-state index contributed by atoms with van der Waals surface area (Å²) in [6.07, 6.45) is 3.60. The topological polar surface area (TPSA) is 165 Å². The van der Waals surface area contributed by atoms with Crippen molar-refractivity contribution in [2.24, 2.45) is 5.84 Å². The van der Waals surface area contributed by atoms with Crippen molar-refractivity contribution in [3.63, 3.8) is 0 Å². The van der Waals surface area contributed by atoms with Gasteiger partial charge in [-0.3, -0.25) is 9.59 Å². The lowest BCUT2D eigenvalue weighted by Gasteiger charge is -2.24. The van der Waals surface area contributed by atoms with Crippen molar-refractivity contribution in [3.8, 4) is 0 Å². The van der Waals surface area contributed by atoms with Gasteiger partial charge in [-0.2, -0.15) is 0 Å². The molecule has 13 nitrogen and oxygen atoms in total. The second-order valence-electron chi connectivity index (χ2n) is 12.6. The lowest BCUT2D eigenvalue weighted by molar-refractivity contribution is -0.145. The molecule has 54 heavy (non-hydrogen) atoms. The number of hydrazine groups is 1. The van der Waals surface area contributed by atoms with Gasteiger partial charge in [0.2, 0.25) is 0 Å². The molecule has 0 saturated carbocycles. The first-order chi connectivity index (χ1) is 26.4. The first-order valence-corrected chi connectivity index (χ1v) is 18.2. The molecule has 0 aliphatic heterocycles. The van der Waals surface area contributed by atoms with Gasteiger partial charge in [0.25, 0.3) is 5.91 Å². The van der Waals surface area contributed by atoms with E-state index < -0.39 is 12.2 Å². The standard InChI is InChI=1S/C41H50N6O7/c42-45-37-23-22-36(29-44-37)39(49)43-24-14-28-47(41(51)54-32-35-19-8-3-9-20-35)27-13-12-26-46(40(50)53-31-34-17-6-2-7-18-34)25-11-10-21-38(48)52-30-33-15-4-1-5-16-33/h1-9,15-20,22-23,29H,10-14,21,24-28,30-32,42H2,(H,43,49)(H,44,45). The highest BCUT2D eigenvalue weighted by atomic mass is 16.6. The molecular formula is C41H50N6O7. The van der Waals surface area contributed by atoms with Crippen molar-refractivity contribution in [1.82, 2.24) is 20.1 Å². The monoisotopic (exact) mass is 738 g/mol. The van der Waals surface area contributed by atoms with Crippen LogP contribution in [-0.4, -0.2) is 71.6 Å². The van der Waals surface area contributed by atoms with Crippen molar-refractivity contribution in [2.75, 3.05) is 38.1 Å². The summed E-state index contributed by atoms with van der Waals surface area (Å²) in [5, 5.41) is 2.86. The molecule has 0 fully saturated rings. The van der Waals surface area contributed by atoms with Crippen LogP contribution in [0, 0.1) is 0 Å². The van der Waals surface area contributed by atoms with Gasteiger partial charge in [-0.1, -0.05) is 91.0 Å². The summed E-state index contributed by atoms with van der Waals surface area (Å²) >= 11 is 0. The van der Waals surface area contributed by atoms with E-state index in [1.54, 1.807) is 21.9 Å². The number of aromatic nitrogens is 1. The zero-order chi connectivity index (χ0) is 38.2. The van der Waals surface area contributed by atoms with Gasteiger partial charge in [-0.25, -0.2) is 20.4 Å². The number of unbranched alkanes of at least 4 members (excludes halogenated alkanes) is 2. The molecule has 13 heteroatoms. The number of benzene rings is 3. The van der Waals surface area contributed by atoms with E-state index in [9.17, 15) is 19.2 Å². The highest BCUT2D eigenvalue weighted by Crippen LogP contribution is 2.11. The largest absolute Gasteiger partial charge is 0.461 e. The van der Waals surface area contributed by atoms with Crippen LogP contribution in [-0.2, 0) is 38.8 Å². The molecule has 0 unspecified atom stereocenters. The van der Waals surface area contributed by atoms with Crippen molar-refractivity contribution in [3.05, 3.63) is 132 Å². The molecule has 0 bridgehead atoms. The lowest BCUT2D eigenvalue weighted by Crippen LogP contribution is -2.36. The van der Waals surface area contributed by atoms with E-state index in [0.29, 0.717) is 76.2 Å². The number of anilines is 1. The zero-order valence-electron chi connectivity index (χ0n) is 30.6. The van der Waals surface area contributed by atoms with Crippen LogP contribution in [0.3, 0.4) is 0 Å². The number of hydrogen-bond acceptors (Lipinski definition) is 10. The molecule has 4 rings (SSSR count). The normalized spacial score (nSPS) is 10.5. The third-order valence-electron chi connectivity index (χ3n) is 8.40. The van der Waals surface area contributed by atoms with Gasteiger partial charge in [-0.15, -0.1) is 0 Å². The molecule has 1 heterocycles. The summed E-state index contributed by atoms with van der Waals surface area (Å²) in [5.41, 5.74) is 5.49. The van der Waals surface area contributed by atoms with Crippen LogP contribution in [0.2, 0.25) is 0 Å². The molecule has 4 N–H and O–H groups in total. The fourth-order valence-corrected chi connectivity index (χ4v) is 5.38. The van der Waals surface area contributed by atoms with Crippen LogP contribution in [0.5, 0.6) is 0 Å². The van der Waals surface area contributed by atoms with E-state index in [1.807, 2.05) is 91.0 Å². The maximum absolute atomic E-state index is 13.2. The maximum Gasteiger partial charge on any atom is 0.410 e. The number of carbonyl (C=O) groups is 4. The van der Waals surface area contributed by atoms with Crippen molar-refractivity contribution in [1.29, 1.82) is 0 Å². The van der Waals surface area contributed by atoms with Gasteiger partial charge >= 0.3 is 18.2 Å². The number of esters is 1. The average molecular weight is 739 g/mol. The van der Waals surface area contributed by atoms with E-state index in [1.165, 1.54) is 6.20 Å². The second kappa shape index (κ2) is 23.6. The van der Waals surface area contributed by atoms with Crippen molar-refractivity contribution < 1.29 is 33.4 Å². The maximum atomic E-state index is 13.2. The Balaban J connectivity index is 1.26. The van der Waals surface area contributed by atoms with Gasteiger partial charge < -0.3 is 34.8 Å². The molecule has 0 atom stereocenters. The molecule has 286 valence electrons. The summed E-state index contributed by atoms with van der Waals surface area (Å²) in [4.78, 5) is 58.6. The smallest absolute Gasteiger partial charge is 0.410 e. The first kappa shape index (κ1) is 40.8. The van der Waals surface area contributed by atoms with Crippen LogP contribution >= 0.6 is 0 Å². The summed E-state index contributed by atoms with van der Waals surface area (Å²) in [6, 6.07) is 31.6. The second-order valence-corrected chi connectivity index (χ2v) is 12.6. The number of amides is 3. The molecule has 3 amide bonds. The minimum absolute atomic E-state index is 0.133. The minimum atomic E-state index is -0.461. The molecule has 4 aromatic rings. The van der Waals surface area contributed by atoms with Gasteiger partial charge in [0.05, 0.1) is 5.56 Å². The molecule has 3 aromatic carbocycles. The highest BCUT2D eigenvalue weighted by molar-refractivity contribution is 5.94. The third-order valence-corrected chi connectivity index (χ3v) is 8.40.